The van der Waals surface area contributed by atoms with Gasteiger partial charge in [0.2, 0.25) is 0 Å². The van der Waals surface area contributed by atoms with Gasteiger partial charge in [-0.2, -0.15) is 5.10 Å². The molecule has 25 heavy (non-hydrogen) atoms. The lowest BCUT2D eigenvalue weighted by atomic mass is 10.2. The highest BCUT2D eigenvalue weighted by atomic mass is 35.5. The van der Waals surface area contributed by atoms with E-state index in [1.54, 1.807) is 45.9 Å². The zero-order valence-corrected chi connectivity index (χ0v) is 14.1. The minimum Gasteiger partial charge on any atom is -0.468 e. The molecule has 0 atom stereocenters. The molecule has 1 aromatic carbocycles. The number of methoxy groups -OCH3 is 1. The van der Waals surface area contributed by atoms with Crippen LogP contribution in [-0.2, 0) is 9.53 Å². The van der Waals surface area contributed by atoms with Crippen LogP contribution in [0.1, 0.15) is 10.4 Å². The highest BCUT2D eigenvalue weighted by molar-refractivity contribution is 6.30. The number of hydrogen-bond acceptors (Lipinski definition) is 4. The number of nitrogens with zero attached hydrogens (tertiary/aromatic N) is 3. The first-order chi connectivity index (χ1) is 12.1. The minimum absolute atomic E-state index is 0.216. The summed E-state index contributed by atoms with van der Waals surface area (Å²) in [6.07, 6.45) is 5.07. The monoisotopic (exact) mass is 358 g/mol. The van der Waals surface area contributed by atoms with Crippen molar-refractivity contribution in [2.24, 2.45) is 0 Å². The second-order valence-electron chi connectivity index (χ2n) is 5.12. The third-order valence-corrected chi connectivity index (χ3v) is 3.78. The number of aromatic nitrogens is 3. The molecule has 0 unspecified atom stereocenters. The normalized spacial score (nSPS) is 10.5. The van der Waals surface area contributed by atoms with Gasteiger partial charge < -0.3 is 14.6 Å². The van der Waals surface area contributed by atoms with Crippen LogP contribution in [0.3, 0.4) is 0 Å². The zero-order chi connectivity index (χ0) is 17.8. The van der Waals surface area contributed by atoms with Crippen LogP contribution in [0.25, 0.3) is 11.5 Å². The number of ether oxygens (including phenoxy) is 1. The Morgan fingerprint density at radius 1 is 1.20 bits per heavy atom. The first-order valence-corrected chi connectivity index (χ1v) is 7.80. The van der Waals surface area contributed by atoms with Crippen LogP contribution in [0.5, 0.6) is 0 Å². The predicted octanol–water partition coefficient (Wildman–Crippen LogP) is 2.22. The molecule has 1 N–H and O–H groups in total. The van der Waals surface area contributed by atoms with Gasteiger partial charge in [0.05, 0.1) is 19.0 Å². The Bertz CT molecular complexity index is 885. The van der Waals surface area contributed by atoms with Gasteiger partial charge in [-0.1, -0.05) is 11.6 Å². The second-order valence-corrected chi connectivity index (χ2v) is 5.56. The van der Waals surface area contributed by atoms with E-state index in [-0.39, 0.29) is 6.54 Å². The molecular weight excluding hydrogens is 344 g/mol. The largest absolute Gasteiger partial charge is 0.468 e. The van der Waals surface area contributed by atoms with Crippen molar-refractivity contribution in [1.29, 1.82) is 0 Å². The Hall–Kier alpha value is -3.06. The van der Waals surface area contributed by atoms with E-state index in [1.165, 1.54) is 13.3 Å². The van der Waals surface area contributed by atoms with E-state index >= 15 is 0 Å². The molecule has 0 aliphatic rings. The van der Waals surface area contributed by atoms with Crippen molar-refractivity contribution in [3.63, 3.8) is 0 Å². The Morgan fingerprint density at radius 3 is 2.52 bits per heavy atom. The van der Waals surface area contributed by atoms with E-state index in [4.69, 9.17) is 11.6 Å². The van der Waals surface area contributed by atoms with Gasteiger partial charge in [0.1, 0.15) is 12.1 Å². The Balaban J connectivity index is 2.00. The molecule has 7 nitrogen and oxygen atoms in total. The summed E-state index contributed by atoms with van der Waals surface area (Å²) in [5, 5.41) is 7.45. The summed E-state index contributed by atoms with van der Waals surface area (Å²) in [6.45, 7) is -0.216. The van der Waals surface area contributed by atoms with Gasteiger partial charge >= 0.3 is 5.97 Å². The summed E-state index contributed by atoms with van der Waals surface area (Å²) < 4.78 is 7.93. The van der Waals surface area contributed by atoms with Gasteiger partial charge in [-0.15, -0.1) is 0 Å². The summed E-state index contributed by atoms with van der Waals surface area (Å²) in [5.41, 5.74) is 1.08. The number of nitrogens with one attached hydrogen (secondary N) is 1. The van der Waals surface area contributed by atoms with Crippen LogP contribution in [0.15, 0.2) is 55.0 Å². The summed E-state index contributed by atoms with van der Waals surface area (Å²) in [6, 6.07) is 10.8. The molecule has 1 amide bonds. The third kappa shape index (κ3) is 3.56. The van der Waals surface area contributed by atoms with E-state index in [2.05, 4.69) is 15.2 Å². The lowest BCUT2D eigenvalue weighted by Gasteiger charge is -2.11. The molecule has 0 aliphatic heterocycles. The Labute approximate surface area is 148 Å². The molecule has 2 heterocycles. The molecule has 0 fully saturated rings. The fraction of sp³-hybridized carbons (Fsp3) is 0.118. The first-order valence-electron chi connectivity index (χ1n) is 7.42. The standard InChI is InChI=1S/C17H15ClN4O3/c1-25-15(23)11-19-16(24)14-10-20-22(13-6-4-12(18)5-7-13)17(14)21-8-2-3-9-21/h2-10H,11H2,1H3,(H,19,24). The quantitative estimate of drug-likeness (QED) is 0.709. The Morgan fingerprint density at radius 2 is 1.88 bits per heavy atom. The van der Waals surface area contributed by atoms with Gasteiger partial charge in [0.25, 0.3) is 5.91 Å². The van der Waals surface area contributed by atoms with Crippen molar-refractivity contribution in [3.8, 4) is 11.5 Å². The van der Waals surface area contributed by atoms with E-state index in [0.717, 1.165) is 5.69 Å². The summed E-state index contributed by atoms with van der Waals surface area (Å²) >= 11 is 5.94. The highest BCUT2D eigenvalue weighted by Crippen LogP contribution is 2.21. The number of halogens is 1. The van der Waals surface area contributed by atoms with Crippen LogP contribution in [0.4, 0.5) is 0 Å². The van der Waals surface area contributed by atoms with Crippen LogP contribution >= 0.6 is 11.6 Å². The molecule has 0 aliphatic carbocycles. The minimum atomic E-state index is -0.527. The maximum Gasteiger partial charge on any atom is 0.325 e. The molecule has 3 rings (SSSR count). The third-order valence-electron chi connectivity index (χ3n) is 3.53. The number of carbonyl (C=O) groups is 2. The van der Waals surface area contributed by atoms with Gasteiger partial charge in [-0.3, -0.25) is 9.59 Å². The average Bonchev–Trinajstić information content (AvgIpc) is 3.29. The summed E-state index contributed by atoms with van der Waals surface area (Å²) in [7, 11) is 1.26. The fourth-order valence-electron chi connectivity index (χ4n) is 2.32. The molecule has 0 bridgehead atoms. The lowest BCUT2D eigenvalue weighted by Crippen LogP contribution is -2.30. The van der Waals surface area contributed by atoms with Gasteiger partial charge in [-0.05, 0) is 36.4 Å². The number of hydrogen-bond donors (Lipinski definition) is 1. The molecule has 3 aromatic rings. The molecule has 0 saturated carbocycles. The van der Waals surface area contributed by atoms with Crippen molar-refractivity contribution in [2.45, 2.75) is 0 Å². The van der Waals surface area contributed by atoms with Gasteiger partial charge in [0, 0.05) is 17.4 Å². The lowest BCUT2D eigenvalue weighted by molar-refractivity contribution is -0.139. The topological polar surface area (TPSA) is 78.2 Å². The van der Waals surface area contributed by atoms with E-state index in [0.29, 0.717) is 16.4 Å². The van der Waals surface area contributed by atoms with Crippen LogP contribution in [0.2, 0.25) is 5.02 Å². The highest BCUT2D eigenvalue weighted by Gasteiger charge is 2.20. The fourth-order valence-corrected chi connectivity index (χ4v) is 2.44. The maximum absolute atomic E-state index is 12.5. The summed E-state index contributed by atoms with van der Waals surface area (Å²) in [5.74, 6) is -0.398. The maximum atomic E-state index is 12.5. The molecule has 0 radical (unpaired) electrons. The molecule has 0 saturated heterocycles. The van der Waals surface area contributed by atoms with Crippen molar-refractivity contribution in [1.82, 2.24) is 19.7 Å². The number of amides is 1. The van der Waals surface area contributed by atoms with Gasteiger partial charge in [0.15, 0.2) is 5.82 Å². The van der Waals surface area contributed by atoms with Crippen molar-refractivity contribution >= 4 is 23.5 Å². The second kappa shape index (κ2) is 7.23. The van der Waals surface area contributed by atoms with Crippen molar-refractivity contribution in [3.05, 3.63) is 65.6 Å². The predicted molar refractivity (Wildman–Crippen MR) is 92.3 cm³/mol. The smallest absolute Gasteiger partial charge is 0.325 e. The SMILES string of the molecule is COC(=O)CNC(=O)c1cnn(-c2ccc(Cl)cc2)c1-n1cccc1. The molecular formula is C17H15ClN4O3. The first kappa shape index (κ1) is 16.8. The zero-order valence-electron chi connectivity index (χ0n) is 13.3. The van der Waals surface area contributed by atoms with Crippen molar-refractivity contribution < 1.29 is 14.3 Å². The van der Waals surface area contributed by atoms with Crippen molar-refractivity contribution in [2.75, 3.05) is 13.7 Å². The van der Waals surface area contributed by atoms with E-state index in [1.807, 2.05) is 12.1 Å². The van der Waals surface area contributed by atoms with E-state index in [9.17, 15) is 9.59 Å². The Kier molecular flexibility index (Phi) is 4.85. The number of carbonyl (C=O) groups excluding carboxylic acids is 2. The molecule has 0 spiro atoms. The van der Waals surface area contributed by atoms with Crippen LogP contribution in [-0.4, -0.2) is 39.9 Å². The molecule has 8 heteroatoms. The van der Waals surface area contributed by atoms with E-state index < -0.39 is 11.9 Å². The number of benzene rings is 1. The average molecular weight is 359 g/mol. The molecule has 128 valence electrons. The summed E-state index contributed by atoms with van der Waals surface area (Å²) in [4.78, 5) is 23.7. The van der Waals surface area contributed by atoms with Crippen LogP contribution in [0, 0.1) is 0 Å². The molecule has 2 aromatic heterocycles. The number of rotatable bonds is 5. The number of esters is 1. The van der Waals surface area contributed by atoms with Gasteiger partial charge in [-0.25, -0.2) is 4.68 Å². The van der Waals surface area contributed by atoms with Crippen LogP contribution < -0.4 is 5.32 Å².